The lowest BCUT2D eigenvalue weighted by atomic mass is 9.91. The van der Waals surface area contributed by atoms with Crippen LogP contribution in [0.5, 0.6) is 11.5 Å². The Labute approximate surface area is 133 Å². The maximum absolute atomic E-state index is 6.72. The van der Waals surface area contributed by atoms with Gasteiger partial charge in [-0.1, -0.05) is 13.0 Å². The molecular formula is C15H20BrClO3. The van der Waals surface area contributed by atoms with Crippen LogP contribution in [0.3, 0.4) is 0 Å². The minimum atomic E-state index is -0.125. The van der Waals surface area contributed by atoms with Crippen LogP contribution in [0.15, 0.2) is 16.6 Å². The number of methoxy groups -OCH3 is 2. The Hall–Kier alpha value is -0.450. The van der Waals surface area contributed by atoms with Crippen LogP contribution in [0.1, 0.15) is 30.7 Å². The number of alkyl halides is 1. The smallest absolute Gasteiger partial charge is 0.141 e. The van der Waals surface area contributed by atoms with Crippen LogP contribution in [0.25, 0.3) is 0 Å². The Kier molecular flexibility index (Phi) is 5.58. The molecule has 0 spiro atoms. The second-order valence-corrected chi connectivity index (χ2v) is 6.14. The van der Waals surface area contributed by atoms with E-state index in [1.54, 1.807) is 14.2 Å². The van der Waals surface area contributed by atoms with Crippen LogP contribution in [-0.4, -0.2) is 26.9 Å². The second kappa shape index (κ2) is 7.01. The first-order chi connectivity index (χ1) is 9.63. The highest BCUT2D eigenvalue weighted by molar-refractivity contribution is 9.10. The van der Waals surface area contributed by atoms with Gasteiger partial charge < -0.3 is 14.2 Å². The van der Waals surface area contributed by atoms with Crippen molar-refractivity contribution in [3.8, 4) is 11.5 Å². The third-order valence-electron chi connectivity index (χ3n) is 3.85. The molecule has 1 aromatic carbocycles. The Morgan fingerprint density at radius 3 is 2.75 bits per heavy atom. The zero-order chi connectivity index (χ0) is 14.7. The highest BCUT2D eigenvalue weighted by Crippen LogP contribution is 2.46. The first-order valence-corrected chi connectivity index (χ1v) is 8.03. The van der Waals surface area contributed by atoms with Crippen molar-refractivity contribution in [2.75, 3.05) is 20.8 Å². The number of halogens is 2. The van der Waals surface area contributed by atoms with Crippen LogP contribution in [0.2, 0.25) is 0 Å². The minimum absolute atomic E-state index is 0.125. The zero-order valence-corrected chi connectivity index (χ0v) is 14.3. The summed E-state index contributed by atoms with van der Waals surface area (Å²) >= 11 is 10.2. The van der Waals surface area contributed by atoms with E-state index in [0.29, 0.717) is 5.92 Å². The average Bonchev–Trinajstić information content (AvgIpc) is 2.94. The van der Waals surface area contributed by atoms with E-state index in [4.69, 9.17) is 25.8 Å². The summed E-state index contributed by atoms with van der Waals surface area (Å²) in [4.78, 5) is 0. The van der Waals surface area contributed by atoms with E-state index in [9.17, 15) is 0 Å². The van der Waals surface area contributed by atoms with Gasteiger partial charge in [0.25, 0.3) is 0 Å². The average molecular weight is 364 g/mol. The van der Waals surface area contributed by atoms with Gasteiger partial charge in [0.1, 0.15) is 16.0 Å². The van der Waals surface area contributed by atoms with Gasteiger partial charge in [-0.2, -0.15) is 0 Å². The molecule has 5 heteroatoms. The summed E-state index contributed by atoms with van der Waals surface area (Å²) < 4.78 is 17.4. The fourth-order valence-corrected chi connectivity index (χ4v) is 3.93. The molecule has 0 radical (unpaired) electrons. The molecule has 0 bridgehead atoms. The van der Waals surface area contributed by atoms with E-state index in [2.05, 4.69) is 22.9 Å². The maximum Gasteiger partial charge on any atom is 0.141 e. The standard InChI is InChI=1S/C15H20BrClO3/c1-4-11-9(7-8-20-11)14(17)10-5-6-12(18-2)13(16)15(10)19-3/h5-6,9,11,14H,4,7-8H2,1-3H3. The van der Waals surface area contributed by atoms with Crippen LogP contribution >= 0.6 is 27.5 Å². The number of rotatable bonds is 5. The van der Waals surface area contributed by atoms with Crippen molar-refractivity contribution in [2.45, 2.75) is 31.2 Å². The first kappa shape index (κ1) is 15.9. The second-order valence-electron chi connectivity index (χ2n) is 4.88. The van der Waals surface area contributed by atoms with Crippen molar-refractivity contribution in [2.24, 2.45) is 5.92 Å². The highest BCUT2D eigenvalue weighted by Gasteiger charge is 2.35. The van der Waals surface area contributed by atoms with E-state index in [0.717, 1.165) is 41.0 Å². The maximum atomic E-state index is 6.72. The van der Waals surface area contributed by atoms with Crippen LogP contribution in [-0.2, 0) is 4.74 Å². The predicted octanol–water partition coefficient (Wildman–Crippen LogP) is 4.56. The molecule has 0 amide bonds. The van der Waals surface area contributed by atoms with Crippen molar-refractivity contribution in [3.05, 3.63) is 22.2 Å². The number of ether oxygens (including phenoxy) is 3. The monoisotopic (exact) mass is 362 g/mol. The Bertz CT molecular complexity index is 467. The van der Waals surface area contributed by atoms with E-state index in [1.165, 1.54) is 0 Å². The summed E-state index contributed by atoms with van der Waals surface area (Å²) in [6.07, 6.45) is 2.19. The molecular weight excluding hydrogens is 344 g/mol. The van der Waals surface area contributed by atoms with Crippen LogP contribution < -0.4 is 9.47 Å². The lowest BCUT2D eigenvalue weighted by molar-refractivity contribution is 0.0863. The van der Waals surface area contributed by atoms with Crippen LogP contribution in [0, 0.1) is 5.92 Å². The van der Waals surface area contributed by atoms with Crippen LogP contribution in [0.4, 0.5) is 0 Å². The fraction of sp³-hybridized carbons (Fsp3) is 0.600. The molecule has 1 aliphatic heterocycles. The van der Waals surface area contributed by atoms with Gasteiger partial charge in [0.2, 0.25) is 0 Å². The zero-order valence-electron chi connectivity index (χ0n) is 12.0. The highest BCUT2D eigenvalue weighted by atomic mass is 79.9. The van der Waals surface area contributed by atoms with Crippen molar-refractivity contribution in [1.82, 2.24) is 0 Å². The molecule has 1 aromatic rings. The van der Waals surface area contributed by atoms with E-state index in [-0.39, 0.29) is 11.5 Å². The molecule has 1 aliphatic rings. The molecule has 1 heterocycles. The predicted molar refractivity (Wildman–Crippen MR) is 84.0 cm³/mol. The summed E-state index contributed by atoms with van der Waals surface area (Å²) in [5.41, 5.74) is 0.982. The van der Waals surface area contributed by atoms with E-state index >= 15 is 0 Å². The molecule has 1 saturated heterocycles. The summed E-state index contributed by atoms with van der Waals surface area (Å²) in [6, 6.07) is 3.89. The molecule has 2 rings (SSSR count). The van der Waals surface area contributed by atoms with Crippen molar-refractivity contribution < 1.29 is 14.2 Å². The largest absolute Gasteiger partial charge is 0.495 e. The number of benzene rings is 1. The van der Waals surface area contributed by atoms with E-state index < -0.39 is 0 Å². The van der Waals surface area contributed by atoms with Gasteiger partial charge in [-0.25, -0.2) is 0 Å². The van der Waals surface area contributed by atoms with Crippen molar-refractivity contribution >= 4 is 27.5 Å². The van der Waals surface area contributed by atoms with Gasteiger partial charge in [0, 0.05) is 18.1 Å². The molecule has 20 heavy (non-hydrogen) atoms. The third-order valence-corrected chi connectivity index (χ3v) is 5.16. The fourth-order valence-electron chi connectivity index (χ4n) is 2.79. The molecule has 0 saturated carbocycles. The first-order valence-electron chi connectivity index (χ1n) is 6.80. The molecule has 112 valence electrons. The van der Waals surface area contributed by atoms with Gasteiger partial charge in [-0.15, -0.1) is 11.6 Å². The van der Waals surface area contributed by atoms with E-state index in [1.807, 2.05) is 12.1 Å². The normalized spacial score (nSPS) is 23.6. The van der Waals surface area contributed by atoms with Gasteiger partial charge in [-0.3, -0.25) is 0 Å². The van der Waals surface area contributed by atoms with Gasteiger partial charge in [0.15, 0.2) is 0 Å². The molecule has 0 aliphatic carbocycles. The molecule has 1 fully saturated rings. The molecule has 0 N–H and O–H groups in total. The third kappa shape index (κ3) is 2.92. The summed E-state index contributed by atoms with van der Waals surface area (Å²) in [5, 5.41) is -0.125. The Morgan fingerprint density at radius 2 is 2.15 bits per heavy atom. The van der Waals surface area contributed by atoms with Gasteiger partial charge in [0.05, 0.1) is 25.7 Å². The summed E-state index contributed by atoms with van der Waals surface area (Å²) in [5.74, 6) is 1.80. The molecule has 0 aromatic heterocycles. The van der Waals surface area contributed by atoms with Crippen molar-refractivity contribution in [3.63, 3.8) is 0 Å². The number of hydrogen-bond donors (Lipinski definition) is 0. The Balaban J connectivity index is 2.34. The summed E-state index contributed by atoms with van der Waals surface area (Å²) in [6.45, 7) is 2.92. The molecule has 3 unspecified atom stereocenters. The SMILES string of the molecule is CCC1OCCC1C(Cl)c1ccc(OC)c(Br)c1OC. The molecule has 3 nitrogen and oxygen atoms in total. The lowest BCUT2D eigenvalue weighted by Gasteiger charge is -2.24. The number of hydrogen-bond acceptors (Lipinski definition) is 3. The minimum Gasteiger partial charge on any atom is -0.495 e. The quantitative estimate of drug-likeness (QED) is 0.718. The summed E-state index contributed by atoms with van der Waals surface area (Å²) in [7, 11) is 3.28. The lowest BCUT2D eigenvalue weighted by Crippen LogP contribution is -2.19. The van der Waals surface area contributed by atoms with Crippen molar-refractivity contribution in [1.29, 1.82) is 0 Å². The van der Waals surface area contributed by atoms with Gasteiger partial charge >= 0.3 is 0 Å². The van der Waals surface area contributed by atoms with Gasteiger partial charge in [-0.05, 0) is 34.8 Å². The molecule has 3 atom stereocenters. The Morgan fingerprint density at radius 1 is 1.40 bits per heavy atom. The topological polar surface area (TPSA) is 27.7 Å².